The zero-order valence-corrected chi connectivity index (χ0v) is 10.4. The van der Waals surface area contributed by atoms with E-state index in [2.05, 4.69) is 18.7 Å². The summed E-state index contributed by atoms with van der Waals surface area (Å²) in [5.41, 5.74) is 6.21. The molecule has 0 bridgehead atoms. The lowest BCUT2D eigenvalue weighted by Crippen LogP contribution is -2.51. The summed E-state index contributed by atoms with van der Waals surface area (Å²) in [5, 5.41) is 0. The summed E-state index contributed by atoms with van der Waals surface area (Å²) < 4.78 is 5.14. The predicted molar refractivity (Wildman–Crippen MR) is 63.9 cm³/mol. The van der Waals surface area contributed by atoms with E-state index < -0.39 is 0 Å². The molecule has 0 saturated heterocycles. The topological polar surface area (TPSA) is 38.5 Å². The lowest BCUT2D eigenvalue weighted by molar-refractivity contribution is 0.0845. The van der Waals surface area contributed by atoms with Crippen molar-refractivity contribution in [3.63, 3.8) is 0 Å². The predicted octanol–water partition coefficient (Wildman–Crippen LogP) is 1.47. The first kappa shape index (κ1) is 12.9. The lowest BCUT2D eigenvalue weighted by Gasteiger charge is -2.40. The van der Waals surface area contributed by atoms with Gasteiger partial charge in [0.15, 0.2) is 0 Å². The van der Waals surface area contributed by atoms with Crippen LogP contribution in [0, 0.1) is 5.92 Å². The fourth-order valence-corrected chi connectivity index (χ4v) is 2.56. The molecule has 0 aliphatic heterocycles. The molecule has 3 nitrogen and oxygen atoms in total. The third kappa shape index (κ3) is 3.74. The van der Waals surface area contributed by atoms with E-state index in [0.717, 1.165) is 25.6 Å². The molecule has 0 spiro atoms. The second-order valence-corrected chi connectivity index (χ2v) is 4.77. The maximum absolute atomic E-state index is 6.21. The molecule has 0 radical (unpaired) electrons. The summed E-state index contributed by atoms with van der Waals surface area (Å²) in [6, 6.07) is 0.923. The van der Waals surface area contributed by atoms with Crippen LogP contribution >= 0.6 is 0 Å². The number of hydrogen-bond donors (Lipinski definition) is 1. The van der Waals surface area contributed by atoms with Crippen LogP contribution < -0.4 is 5.73 Å². The van der Waals surface area contributed by atoms with Crippen LogP contribution in [0.15, 0.2) is 0 Å². The number of likely N-dealkylation sites (N-methyl/N-ethyl adjacent to an activating group) is 1. The van der Waals surface area contributed by atoms with Gasteiger partial charge in [-0.05, 0) is 31.7 Å². The fraction of sp³-hybridized carbons (Fsp3) is 1.00. The second kappa shape index (κ2) is 6.46. The second-order valence-electron chi connectivity index (χ2n) is 4.77. The Morgan fingerprint density at radius 3 is 2.73 bits per heavy atom. The largest absolute Gasteiger partial charge is 0.383 e. The van der Waals surface area contributed by atoms with E-state index in [-0.39, 0.29) is 0 Å². The van der Waals surface area contributed by atoms with Gasteiger partial charge in [0.25, 0.3) is 0 Å². The Morgan fingerprint density at radius 2 is 2.13 bits per heavy atom. The van der Waals surface area contributed by atoms with Gasteiger partial charge < -0.3 is 10.5 Å². The van der Waals surface area contributed by atoms with E-state index >= 15 is 0 Å². The van der Waals surface area contributed by atoms with E-state index in [1.807, 2.05) is 0 Å². The van der Waals surface area contributed by atoms with E-state index in [4.69, 9.17) is 10.5 Å². The molecule has 0 amide bonds. The summed E-state index contributed by atoms with van der Waals surface area (Å²) in [6.45, 7) is 7.45. The standard InChI is InChI=1S/C12H26N2O/c1-4-14(7-8-15-3)12-9-10(2)5-6-11(12)13/h10-12H,4-9,13H2,1-3H3. The van der Waals surface area contributed by atoms with Crippen LogP contribution in [0.4, 0.5) is 0 Å². The van der Waals surface area contributed by atoms with Crippen LogP contribution in [-0.2, 0) is 4.74 Å². The minimum absolute atomic E-state index is 0.359. The highest BCUT2D eigenvalue weighted by Gasteiger charge is 2.29. The van der Waals surface area contributed by atoms with Gasteiger partial charge in [-0.2, -0.15) is 0 Å². The van der Waals surface area contributed by atoms with Crippen LogP contribution in [-0.4, -0.2) is 43.8 Å². The zero-order valence-electron chi connectivity index (χ0n) is 10.4. The summed E-state index contributed by atoms with van der Waals surface area (Å²) in [5.74, 6) is 0.825. The Labute approximate surface area is 94.0 Å². The summed E-state index contributed by atoms with van der Waals surface area (Å²) in [4.78, 5) is 2.48. The molecule has 2 N–H and O–H groups in total. The Balaban J connectivity index is 2.48. The van der Waals surface area contributed by atoms with Crippen molar-refractivity contribution >= 4 is 0 Å². The monoisotopic (exact) mass is 214 g/mol. The van der Waals surface area contributed by atoms with Gasteiger partial charge in [-0.1, -0.05) is 13.8 Å². The van der Waals surface area contributed by atoms with Gasteiger partial charge in [0, 0.05) is 25.7 Å². The minimum atomic E-state index is 0.359. The van der Waals surface area contributed by atoms with E-state index in [0.29, 0.717) is 12.1 Å². The van der Waals surface area contributed by atoms with Crippen LogP contribution in [0.5, 0.6) is 0 Å². The third-order valence-corrected chi connectivity index (χ3v) is 3.59. The number of nitrogens with zero attached hydrogens (tertiary/aromatic N) is 1. The Morgan fingerprint density at radius 1 is 1.40 bits per heavy atom. The molecular weight excluding hydrogens is 188 g/mol. The van der Waals surface area contributed by atoms with Gasteiger partial charge in [0.2, 0.25) is 0 Å². The molecule has 3 unspecified atom stereocenters. The quantitative estimate of drug-likeness (QED) is 0.753. The highest BCUT2D eigenvalue weighted by atomic mass is 16.5. The molecule has 0 aromatic rings. The Kier molecular flexibility index (Phi) is 5.58. The molecule has 1 aliphatic rings. The van der Waals surface area contributed by atoms with Crippen molar-refractivity contribution in [1.29, 1.82) is 0 Å². The first-order valence-electron chi connectivity index (χ1n) is 6.17. The SMILES string of the molecule is CCN(CCOC)C1CC(C)CCC1N. The number of rotatable bonds is 5. The summed E-state index contributed by atoms with van der Waals surface area (Å²) in [7, 11) is 1.76. The summed E-state index contributed by atoms with van der Waals surface area (Å²) >= 11 is 0. The van der Waals surface area contributed by atoms with Gasteiger partial charge in [0.05, 0.1) is 6.61 Å². The molecule has 1 aliphatic carbocycles. The van der Waals surface area contributed by atoms with Gasteiger partial charge in [0.1, 0.15) is 0 Å². The van der Waals surface area contributed by atoms with Crippen molar-refractivity contribution in [2.45, 2.75) is 45.2 Å². The van der Waals surface area contributed by atoms with Crippen molar-refractivity contribution < 1.29 is 4.74 Å². The van der Waals surface area contributed by atoms with Crippen molar-refractivity contribution in [3.8, 4) is 0 Å². The third-order valence-electron chi connectivity index (χ3n) is 3.59. The molecular formula is C12H26N2O. The van der Waals surface area contributed by atoms with Crippen LogP contribution in [0.1, 0.15) is 33.1 Å². The molecule has 1 saturated carbocycles. The number of hydrogen-bond acceptors (Lipinski definition) is 3. The molecule has 90 valence electrons. The highest BCUT2D eigenvalue weighted by Crippen LogP contribution is 2.26. The van der Waals surface area contributed by atoms with Crippen molar-refractivity contribution in [2.24, 2.45) is 11.7 Å². The molecule has 0 heterocycles. The zero-order chi connectivity index (χ0) is 11.3. The average molecular weight is 214 g/mol. The van der Waals surface area contributed by atoms with Crippen LogP contribution in [0.2, 0.25) is 0 Å². The number of ether oxygens (including phenoxy) is 1. The first-order valence-corrected chi connectivity index (χ1v) is 6.17. The van der Waals surface area contributed by atoms with Crippen molar-refractivity contribution in [2.75, 3.05) is 26.8 Å². The molecule has 15 heavy (non-hydrogen) atoms. The number of methoxy groups -OCH3 is 1. The Hall–Kier alpha value is -0.120. The minimum Gasteiger partial charge on any atom is -0.383 e. The van der Waals surface area contributed by atoms with Gasteiger partial charge in [-0.15, -0.1) is 0 Å². The molecule has 1 rings (SSSR count). The normalized spacial score (nSPS) is 32.2. The smallest absolute Gasteiger partial charge is 0.0589 e. The molecule has 0 aromatic carbocycles. The molecule has 0 aromatic heterocycles. The van der Waals surface area contributed by atoms with Crippen molar-refractivity contribution in [3.05, 3.63) is 0 Å². The van der Waals surface area contributed by atoms with E-state index in [1.54, 1.807) is 7.11 Å². The van der Waals surface area contributed by atoms with E-state index in [1.165, 1.54) is 19.3 Å². The Bertz CT molecular complexity index is 175. The molecule has 3 atom stereocenters. The van der Waals surface area contributed by atoms with Crippen LogP contribution in [0.3, 0.4) is 0 Å². The first-order chi connectivity index (χ1) is 7.19. The molecule has 3 heteroatoms. The van der Waals surface area contributed by atoms with Crippen LogP contribution in [0.25, 0.3) is 0 Å². The maximum atomic E-state index is 6.21. The van der Waals surface area contributed by atoms with Gasteiger partial charge in [-0.25, -0.2) is 0 Å². The maximum Gasteiger partial charge on any atom is 0.0589 e. The number of nitrogens with two attached hydrogens (primary N) is 1. The van der Waals surface area contributed by atoms with E-state index in [9.17, 15) is 0 Å². The fourth-order valence-electron chi connectivity index (χ4n) is 2.56. The highest BCUT2D eigenvalue weighted by molar-refractivity contribution is 4.87. The lowest BCUT2D eigenvalue weighted by atomic mass is 9.83. The average Bonchev–Trinajstić information content (AvgIpc) is 2.24. The van der Waals surface area contributed by atoms with Gasteiger partial charge >= 0.3 is 0 Å². The van der Waals surface area contributed by atoms with Gasteiger partial charge in [-0.3, -0.25) is 4.90 Å². The van der Waals surface area contributed by atoms with Crippen molar-refractivity contribution in [1.82, 2.24) is 4.90 Å². The molecule has 1 fully saturated rings. The summed E-state index contributed by atoms with van der Waals surface area (Å²) in [6.07, 6.45) is 3.72.